The van der Waals surface area contributed by atoms with E-state index < -0.39 is 0 Å². The second-order valence-corrected chi connectivity index (χ2v) is 5.36. The Morgan fingerprint density at radius 2 is 2.11 bits per heavy atom. The van der Waals surface area contributed by atoms with Gasteiger partial charge in [-0.1, -0.05) is 19.8 Å². The second kappa shape index (κ2) is 4.52. The highest BCUT2D eigenvalue weighted by atomic mass is 16.3. The fourth-order valence-corrected chi connectivity index (χ4v) is 3.18. The Morgan fingerprint density at radius 3 is 2.79 bits per heavy atom. The predicted molar refractivity (Wildman–Crippen MR) is 73.8 cm³/mol. The lowest BCUT2D eigenvalue weighted by molar-refractivity contribution is 0.0778. The lowest BCUT2D eigenvalue weighted by atomic mass is 9.92. The summed E-state index contributed by atoms with van der Waals surface area (Å²) in [5.41, 5.74) is 8.86. The van der Waals surface area contributed by atoms with Crippen molar-refractivity contribution in [3.63, 3.8) is 0 Å². The molecule has 0 radical (unpaired) electrons. The van der Waals surface area contributed by atoms with Crippen LogP contribution in [0.3, 0.4) is 0 Å². The van der Waals surface area contributed by atoms with Crippen molar-refractivity contribution in [2.24, 2.45) is 7.05 Å². The van der Waals surface area contributed by atoms with Crippen LogP contribution in [-0.4, -0.2) is 30.5 Å². The predicted octanol–water partition coefficient (Wildman–Crippen LogP) is 1.39. The normalized spacial score (nSPS) is 24.2. The number of imidazole rings is 1. The topological polar surface area (TPSA) is 81.9 Å². The van der Waals surface area contributed by atoms with E-state index in [-0.39, 0.29) is 12.1 Å². The number of nitrogens with two attached hydrogens (primary N) is 1. The molecule has 3 N–H and O–H groups in total. The van der Waals surface area contributed by atoms with Gasteiger partial charge in [-0.15, -0.1) is 0 Å². The number of nitrogens with zero attached hydrogens (tertiary/aromatic N) is 4. The Hall–Kier alpha value is -1.56. The summed E-state index contributed by atoms with van der Waals surface area (Å²) in [5, 5.41) is 14.7. The summed E-state index contributed by atoms with van der Waals surface area (Å²) in [6, 6.07) is 0.0267. The zero-order chi connectivity index (χ0) is 13.6. The van der Waals surface area contributed by atoms with Gasteiger partial charge < -0.3 is 10.8 Å². The Balaban J connectivity index is 2.17. The molecule has 1 aliphatic carbocycles. The highest BCUT2D eigenvalue weighted by molar-refractivity contribution is 5.78. The Kier molecular flexibility index (Phi) is 2.97. The molecule has 1 aliphatic rings. The SMILES string of the molecule is CCc1nn(C)c2c1nc(N)n2C1CCCCC1O. The number of hydrogen-bond acceptors (Lipinski definition) is 4. The average molecular weight is 263 g/mol. The summed E-state index contributed by atoms with van der Waals surface area (Å²) < 4.78 is 3.81. The summed E-state index contributed by atoms with van der Waals surface area (Å²) in [7, 11) is 1.91. The molecule has 0 spiro atoms. The third-order valence-corrected chi connectivity index (χ3v) is 4.12. The van der Waals surface area contributed by atoms with E-state index in [1.807, 2.05) is 16.3 Å². The highest BCUT2D eigenvalue weighted by Crippen LogP contribution is 2.34. The highest BCUT2D eigenvalue weighted by Gasteiger charge is 2.29. The van der Waals surface area contributed by atoms with Crippen molar-refractivity contribution in [3.05, 3.63) is 5.69 Å². The molecular weight excluding hydrogens is 242 g/mol. The van der Waals surface area contributed by atoms with Gasteiger partial charge in [-0.2, -0.15) is 5.10 Å². The maximum absolute atomic E-state index is 10.2. The van der Waals surface area contributed by atoms with Gasteiger partial charge in [-0.3, -0.25) is 9.25 Å². The zero-order valence-electron chi connectivity index (χ0n) is 11.5. The number of aryl methyl sites for hydroxylation is 2. The maximum Gasteiger partial charge on any atom is 0.202 e. The fraction of sp³-hybridized carbons (Fsp3) is 0.692. The number of anilines is 1. The summed E-state index contributed by atoms with van der Waals surface area (Å²) in [6.07, 6.45) is 4.49. The van der Waals surface area contributed by atoms with Crippen molar-refractivity contribution in [2.45, 2.75) is 51.2 Å². The van der Waals surface area contributed by atoms with Crippen molar-refractivity contribution in [1.82, 2.24) is 19.3 Å². The van der Waals surface area contributed by atoms with Crippen LogP contribution < -0.4 is 5.73 Å². The average Bonchev–Trinajstić information content (AvgIpc) is 2.88. The summed E-state index contributed by atoms with van der Waals surface area (Å²) in [5.74, 6) is 0.489. The van der Waals surface area contributed by atoms with Gasteiger partial charge in [0, 0.05) is 7.05 Å². The van der Waals surface area contributed by atoms with Gasteiger partial charge in [0.25, 0.3) is 0 Å². The molecule has 104 valence electrons. The maximum atomic E-state index is 10.2. The first-order valence-corrected chi connectivity index (χ1v) is 7.00. The van der Waals surface area contributed by atoms with E-state index in [2.05, 4.69) is 17.0 Å². The van der Waals surface area contributed by atoms with E-state index >= 15 is 0 Å². The Bertz CT molecular complexity index is 600. The third kappa shape index (κ3) is 1.82. The number of rotatable bonds is 2. The van der Waals surface area contributed by atoms with E-state index in [0.717, 1.165) is 49.0 Å². The smallest absolute Gasteiger partial charge is 0.202 e. The largest absolute Gasteiger partial charge is 0.391 e. The van der Waals surface area contributed by atoms with Gasteiger partial charge in [-0.25, -0.2) is 4.98 Å². The molecule has 0 aliphatic heterocycles. The molecule has 2 heterocycles. The Labute approximate surface area is 112 Å². The Morgan fingerprint density at radius 1 is 1.37 bits per heavy atom. The molecule has 2 aromatic heterocycles. The summed E-state index contributed by atoms with van der Waals surface area (Å²) in [4.78, 5) is 4.46. The van der Waals surface area contributed by atoms with Crippen molar-refractivity contribution < 1.29 is 5.11 Å². The molecule has 3 rings (SSSR count). The third-order valence-electron chi connectivity index (χ3n) is 4.12. The molecule has 0 saturated heterocycles. The van der Waals surface area contributed by atoms with E-state index in [1.54, 1.807) is 0 Å². The standard InChI is InChI=1S/C13H21N5O/c1-3-8-11-12(17(2)16-8)18(13(14)15-11)9-6-4-5-7-10(9)19/h9-10,19H,3-7H2,1-2H3,(H2,14,15). The molecule has 2 unspecified atom stereocenters. The van der Waals surface area contributed by atoms with Gasteiger partial charge >= 0.3 is 0 Å². The first-order chi connectivity index (χ1) is 9.13. The second-order valence-electron chi connectivity index (χ2n) is 5.36. The number of nitrogen functional groups attached to an aromatic ring is 1. The van der Waals surface area contributed by atoms with Crippen LogP contribution in [-0.2, 0) is 13.5 Å². The van der Waals surface area contributed by atoms with Crippen LogP contribution >= 0.6 is 0 Å². The van der Waals surface area contributed by atoms with Crippen LogP contribution in [0.4, 0.5) is 5.95 Å². The minimum atomic E-state index is -0.339. The van der Waals surface area contributed by atoms with Crippen molar-refractivity contribution >= 4 is 17.1 Å². The van der Waals surface area contributed by atoms with E-state index in [1.165, 1.54) is 0 Å². The molecular formula is C13H21N5O. The van der Waals surface area contributed by atoms with Crippen LogP contribution in [0.15, 0.2) is 0 Å². The van der Waals surface area contributed by atoms with E-state index in [4.69, 9.17) is 5.73 Å². The molecule has 0 bridgehead atoms. The zero-order valence-corrected chi connectivity index (χ0v) is 11.5. The molecule has 0 amide bonds. The number of fused-ring (bicyclic) bond motifs is 1. The van der Waals surface area contributed by atoms with Crippen LogP contribution in [0.5, 0.6) is 0 Å². The van der Waals surface area contributed by atoms with E-state index in [9.17, 15) is 5.11 Å². The van der Waals surface area contributed by atoms with Crippen LogP contribution in [0, 0.1) is 0 Å². The van der Waals surface area contributed by atoms with E-state index in [0.29, 0.717) is 5.95 Å². The number of aromatic nitrogens is 4. The first-order valence-electron chi connectivity index (χ1n) is 7.00. The van der Waals surface area contributed by atoms with Crippen molar-refractivity contribution in [1.29, 1.82) is 0 Å². The number of aliphatic hydroxyl groups is 1. The molecule has 6 nitrogen and oxygen atoms in total. The fourth-order valence-electron chi connectivity index (χ4n) is 3.18. The van der Waals surface area contributed by atoms with Crippen molar-refractivity contribution in [2.75, 3.05) is 5.73 Å². The lowest BCUT2D eigenvalue weighted by Crippen LogP contribution is -2.29. The molecule has 2 atom stereocenters. The van der Waals surface area contributed by atoms with Gasteiger partial charge in [0.2, 0.25) is 5.95 Å². The quantitative estimate of drug-likeness (QED) is 0.858. The molecule has 19 heavy (non-hydrogen) atoms. The molecule has 2 aromatic rings. The number of aliphatic hydroxyl groups excluding tert-OH is 1. The molecule has 1 saturated carbocycles. The van der Waals surface area contributed by atoms with Crippen LogP contribution in [0.1, 0.15) is 44.3 Å². The minimum absolute atomic E-state index is 0.0267. The molecule has 6 heteroatoms. The van der Waals surface area contributed by atoms with Crippen LogP contribution in [0.25, 0.3) is 11.2 Å². The van der Waals surface area contributed by atoms with Gasteiger partial charge in [0.05, 0.1) is 17.8 Å². The van der Waals surface area contributed by atoms with Gasteiger partial charge in [0.15, 0.2) is 5.65 Å². The molecule has 1 fully saturated rings. The summed E-state index contributed by atoms with van der Waals surface area (Å²) in [6.45, 7) is 2.06. The van der Waals surface area contributed by atoms with Gasteiger partial charge in [-0.05, 0) is 19.3 Å². The monoisotopic (exact) mass is 263 g/mol. The lowest BCUT2D eigenvalue weighted by Gasteiger charge is -2.29. The minimum Gasteiger partial charge on any atom is -0.391 e. The van der Waals surface area contributed by atoms with Crippen LogP contribution in [0.2, 0.25) is 0 Å². The van der Waals surface area contributed by atoms with Crippen molar-refractivity contribution in [3.8, 4) is 0 Å². The summed E-state index contributed by atoms with van der Waals surface area (Å²) >= 11 is 0. The number of hydrogen-bond donors (Lipinski definition) is 2. The first kappa shape index (κ1) is 12.5. The van der Waals surface area contributed by atoms with Gasteiger partial charge in [0.1, 0.15) is 5.52 Å². The molecule has 0 aromatic carbocycles.